The molecule has 0 saturated carbocycles. The fourth-order valence-corrected chi connectivity index (χ4v) is 6.77. The SMILES string of the molecule is CCOP(=O)(NC(=S)Nc1cc(Cl)cc(Br)c1)SCC(C)C. The summed E-state index contributed by atoms with van der Waals surface area (Å²) in [4.78, 5) is 0. The van der Waals surface area contributed by atoms with E-state index in [-0.39, 0.29) is 5.11 Å². The first-order chi connectivity index (χ1) is 10.2. The molecule has 2 N–H and O–H groups in total. The number of thiocarbonyl (C=S) groups is 1. The second kappa shape index (κ2) is 9.50. The van der Waals surface area contributed by atoms with Gasteiger partial charge in [-0.3, -0.25) is 9.65 Å². The lowest BCUT2D eigenvalue weighted by atomic mass is 10.3. The number of nitrogens with one attached hydrogen (secondary N) is 2. The van der Waals surface area contributed by atoms with Gasteiger partial charge in [0.2, 0.25) is 0 Å². The van der Waals surface area contributed by atoms with Crippen molar-refractivity contribution in [1.82, 2.24) is 5.09 Å². The minimum atomic E-state index is -3.07. The quantitative estimate of drug-likeness (QED) is 0.401. The minimum Gasteiger partial charge on any atom is -0.332 e. The van der Waals surface area contributed by atoms with Crippen molar-refractivity contribution < 1.29 is 9.09 Å². The fourth-order valence-electron chi connectivity index (χ4n) is 1.43. The summed E-state index contributed by atoms with van der Waals surface area (Å²) in [5.41, 5.74) is 0.703. The molecule has 4 nitrogen and oxygen atoms in total. The van der Waals surface area contributed by atoms with Gasteiger partial charge in [-0.2, -0.15) is 0 Å². The number of rotatable bonds is 7. The third-order valence-corrected chi connectivity index (χ3v) is 7.58. The van der Waals surface area contributed by atoms with E-state index in [2.05, 4.69) is 40.2 Å². The molecular weight excluding hydrogens is 427 g/mol. The fraction of sp³-hybridized carbons (Fsp3) is 0.462. The summed E-state index contributed by atoms with van der Waals surface area (Å²) in [5, 5.41) is 6.57. The van der Waals surface area contributed by atoms with Crippen LogP contribution >= 0.6 is 57.9 Å². The Kier molecular flexibility index (Phi) is 8.75. The average Bonchev–Trinajstić information content (AvgIpc) is 2.35. The molecule has 0 aliphatic carbocycles. The van der Waals surface area contributed by atoms with E-state index in [0.717, 1.165) is 10.2 Å². The van der Waals surface area contributed by atoms with E-state index < -0.39 is 6.72 Å². The van der Waals surface area contributed by atoms with E-state index in [1.165, 1.54) is 11.4 Å². The molecule has 0 saturated heterocycles. The molecule has 0 fully saturated rings. The topological polar surface area (TPSA) is 50.4 Å². The van der Waals surface area contributed by atoms with Crippen LogP contribution in [0.4, 0.5) is 5.69 Å². The Morgan fingerprint density at radius 1 is 1.50 bits per heavy atom. The Balaban J connectivity index is 2.72. The van der Waals surface area contributed by atoms with Gasteiger partial charge in [-0.15, -0.1) is 0 Å². The molecule has 1 rings (SSSR count). The third-order valence-electron chi connectivity index (χ3n) is 2.24. The monoisotopic (exact) mass is 444 g/mol. The number of hydrogen-bond acceptors (Lipinski definition) is 4. The second-order valence-corrected chi connectivity index (χ2v) is 10.9. The summed E-state index contributed by atoms with van der Waals surface area (Å²) in [6.07, 6.45) is 0. The van der Waals surface area contributed by atoms with Gasteiger partial charge in [0.05, 0.1) is 6.61 Å². The molecule has 22 heavy (non-hydrogen) atoms. The van der Waals surface area contributed by atoms with Crippen LogP contribution in [0.25, 0.3) is 0 Å². The lowest BCUT2D eigenvalue weighted by Crippen LogP contribution is -2.26. The Morgan fingerprint density at radius 3 is 2.73 bits per heavy atom. The Labute approximate surface area is 154 Å². The van der Waals surface area contributed by atoms with E-state index in [4.69, 9.17) is 28.3 Å². The molecule has 0 aliphatic heterocycles. The Morgan fingerprint density at radius 2 is 2.18 bits per heavy atom. The van der Waals surface area contributed by atoms with Gasteiger partial charge in [-0.25, -0.2) is 0 Å². The molecular formula is C13H19BrClN2O2PS2. The van der Waals surface area contributed by atoms with Gasteiger partial charge >= 0.3 is 6.72 Å². The Bertz CT molecular complexity index is 555. The molecule has 0 radical (unpaired) electrons. The highest BCUT2D eigenvalue weighted by Crippen LogP contribution is 2.56. The van der Waals surface area contributed by atoms with Crippen molar-refractivity contribution in [3.05, 3.63) is 27.7 Å². The van der Waals surface area contributed by atoms with Crippen LogP contribution in [0.5, 0.6) is 0 Å². The molecule has 0 spiro atoms. The molecule has 1 aromatic rings. The highest BCUT2D eigenvalue weighted by Gasteiger charge is 2.25. The number of halogens is 2. The maximum Gasteiger partial charge on any atom is 0.352 e. The van der Waals surface area contributed by atoms with Crippen molar-refractivity contribution in [2.75, 3.05) is 17.7 Å². The summed E-state index contributed by atoms with van der Waals surface area (Å²) in [6, 6.07) is 5.33. The molecule has 0 amide bonds. The molecule has 124 valence electrons. The van der Waals surface area contributed by atoms with Crippen LogP contribution in [0.1, 0.15) is 20.8 Å². The number of anilines is 1. The molecule has 1 unspecified atom stereocenters. The van der Waals surface area contributed by atoms with Crippen molar-refractivity contribution in [3.8, 4) is 0 Å². The third kappa shape index (κ3) is 7.66. The summed E-state index contributed by atoms with van der Waals surface area (Å²) >= 11 is 15.8. The normalized spacial score (nSPS) is 13.7. The molecule has 0 heterocycles. The van der Waals surface area contributed by atoms with Gasteiger partial charge in [0.25, 0.3) is 0 Å². The molecule has 1 aromatic carbocycles. The van der Waals surface area contributed by atoms with E-state index in [9.17, 15) is 4.57 Å². The first-order valence-electron chi connectivity index (χ1n) is 6.68. The highest BCUT2D eigenvalue weighted by atomic mass is 79.9. The Hall–Kier alpha value is 0.220. The summed E-state index contributed by atoms with van der Waals surface area (Å²) < 4.78 is 18.9. The predicted octanol–water partition coefficient (Wildman–Crippen LogP) is 5.92. The molecule has 0 aliphatic rings. The first kappa shape index (κ1) is 20.3. The van der Waals surface area contributed by atoms with Crippen molar-refractivity contribution in [2.24, 2.45) is 5.92 Å². The number of hydrogen-bond donors (Lipinski definition) is 2. The van der Waals surface area contributed by atoms with Crippen LogP contribution in [0.3, 0.4) is 0 Å². The maximum absolute atomic E-state index is 12.7. The van der Waals surface area contributed by atoms with Crippen LogP contribution in [0.15, 0.2) is 22.7 Å². The van der Waals surface area contributed by atoms with Crippen LogP contribution in [0.2, 0.25) is 5.02 Å². The van der Waals surface area contributed by atoms with Crippen LogP contribution in [0, 0.1) is 5.92 Å². The molecule has 1 atom stereocenters. The van der Waals surface area contributed by atoms with Crippen molar-refractivity contribution in [2.45, 2.75) is 20.8 Å². The lowest BCUT2D eigenvalue weighted by Gasteiger charge is -2.20. The minimum absolute atomic E-state index is 0.238. The maximum atomic E-state index is 12.7. The zero-order chi connectivity index (χ0) is 16.8. The lowest BCUT2D eigenvalue weighted by molar-refractivity contribution is 0.343. The first-order valence-corrected chi connectivity index (χ1v) is 11.5. The zero-order valence-corrected chi connectivity index (χ0v) is 17.4. The van der Waals surface area contributed by atoms with Gasteiger partial charge in [0.1, 0.15) is 0 Å². The standard InChI is InChI=1S/C13H19BrClN2O2PS2/c1-4-19-20(18,22-8-9(2)3)17-13(21)16-12-6-10(14)5-11(15)7-12/h5-7,9H,4,8H2,1-3H3,(H2,16,17,18,21). The van der Waals surface area contributed by atoms with Gasteiger partial charge < -0.3 is 9.84 Å². The van der Waals surface area contributed by atoms with Gasteiger partial charge in [0, 0.05) is 20.9 Å². The van der Waals surface area contributed by atoms with Crippen LogP contribution in [-0.4, -0.2) is 17.5 Å². The smallest absolute Gasteiger partial charge is 0.332 e. The zero-order valence-electron chi connectivity index (χ0n) is 12.6. The van der Waals surface area contributed by atoms with E-state index in [1.807, 2.05) is 6.07 Å². The van der Waals surface area contributed by atoms with Crippen LogP contribution < -0.4 is 10.4 Å². The van der Waals surface area contributed by atoms with Crippen molar-refractivity contribution in [3.63, 3.8) is 0 Å². The number of benzene rings is 1. The van der Waals surface area contributed by atoms with Crippen molar-refractivity contribution >= 4 is 68.7 Å². The average molecular weight is 446 g/mol. The largest absolute Gasteiger partial charge is 0.352 e. The van der Waals surface area contributed by atoms with Crippen molar-refractivity contribution in [1.29, 1.82) is 0 Å². The predicted molar refractivity (Wildman–Crippen MR) is 105 cm³/mol. The van der Waals surface area contributed by atoms with E-state index in [1.54, 1.807) is 19.1 Å². The van der Waals surface area contributed by atoms with E-state index >= 15 is 0 Å². The summed E-state index contributed by atoms with van der Waals surface area (Å²) in [5.74, 6) is 1.13. The molecule has 0 bridgehead atoms. The van der Waals surface area contributed by atoms with Crippen LogP contribution in [-0.2, 0) is 9.09 Å². The van der Waals surface area contributed by atoms with Gasteiger partial charge in [0.15, 0.2) is 5.11 Å². The second-order valence-electron chi connectivity index (χ2n) is 4.83. The molecule has 0 aromatic heterocycles. The molecule has 9 heteroatoms. The van der Waals surface area contributed by atoms with E-state index in [0.29, 0.717) is 23.2 Å². The summed E-state index contributed by atoms with van der Waals surface area (Å²) in [6.45, 7) is 3.19. The highest BCUT2D eigenvalue weighted by molar-refractivity contribution is 9.10. The summed E-state index contributed by atoms with van der Waals surface area (Å²) in [7, 11) is 0. The van der Waals surface area contributed by atoms with Gasteiger partial charge in [-0.1, -0.05) is 41.4 Å². The van der Waals surface area contributed by atoms with Gasteiger partial charge in [-0.05, 0) is 54.6 Å².